The molecule has 9 nitrogen and oxygen atoms in total. The molecule has 1 aliphatic carbocycles. The van der Waals surface area contributed by atoms with Gasteiger partial charge in [0.15, 0.2) is 0 Å². The maximum atomic E-state index is 11.1. The molecule has 2 N–H and O–H groups in total. The second kappa shape index (κ2) is 7.92. The van der Waals surface area contributed by atoms with E-state index in [1.165, 1.54) is 6.20 Å². The van der Waals surface area contributed by atoms with E-state index in [9.17, 15) is 10.1 Å². The number of anilines is 2. The first kappa shape index (κ1) is 17.8. The molecule has 138 valence electrons. The Morgan fingerprint density at radius 3 is 2.68 bits per heavy atom. The molecule has 1 saturated carbocycles. The van der Waals surface area contributed by atoms with Crippen molar-refractivity contribution in [2.75, 3.05) is 49.9 Å². The number of piperazine rings is 1. The summed E-state index contributed by atoms with van der Waals surface area (Å²) in [5, 5.41) is 17.5. The molecular weight excluding hydrogens is 322 g/mol. The van der Waals surface area contributed by atoms with Crippen LogP contribution in [0.5, 0.6) is 0 Å². The van der Waals surface area contributed by atoms with Gasteiger partial charge in [-0.15, -0.1) is 0 Å². The number of likely N-dealkylation sites (N-methyl/N-ethyl adjacent to an activating group) is 1. The van der Waals surface area contributed by atoms with Crippen molar-refractivity contribution in [1.29, 1.82) is 0 Å². The maximum absolute atomic E-state index is 11.1. The number of nitrogens with zero attached hydrogens (tertiary/aromatic N) is 5. The van der Waals surface area contributed by atoms with Crippen LogP contribution < -0.4 is 10.6 Å². The van der Waals surface area contributed by atoms with E-state index < -0.39 is 4.92 Å². The van der Waals surface area contributed by atoms with Crippen LogP contribution in [0.15, 0.2) is 6.20 Å². The lowest BCUT2D eigenvalue weighted by molar-refractivity contribution is -0.384. The molecule has 1 unspecified atom stereocenters. The van der Waals surface area contributed by atoms with Crippen molar-refractivity contribution >= 4 is 17.5 Å². The van der Waals surface area contributed by atoms with E-state index in [1.54, 1.807) is 0 Å². The van der Waals surface area contributed by atoms with Crippen LogP contribution in [0.4, 0.5) is 17.5 Å². The van der Waals surface area contributed by atoms with Gasteiger partial charge in [-0.2, -0.15) is 4.98 Å². The summed E-state index contributed by atoms with van der Waals surface area (Å²) in [5.41, 5.74) is -0.0683. The number of nitrogens with one attached hydrogen (secondary N) is 2. The summed E-state index contributed by atoms with van der Waals surface area (Å²) in [6.45, 7) is 10.5. The van der Waals surface area contributed by atoms with Crippen molar-refractivity contribution < 1.29 is 4.92 Å². The number of aromatic nitrogens is 2. The van der Waals surface area contributed by atoms with Crippen LogP contribution in [0, 0.1) is 10.1 Å². The lowest BCUT2D eigenvalue weighted by Crippen LogP contribution is -2.51. The van der Waals surface area contributed by atoms with Crippen LogP contribution in [0.2, 0.25) is 0 Å². The fraction of sp³-hybridized carbons (Fsp3) is 0.750. The third-order valence-corrected chi connectivity index (χ3v) is 4.92. The molecule has 1 saturated heterocycles. The molecule has 1 atom stereocenters. The van der Waals surface area contributed by atoms with E-state index in [1.807, 2.05) is 0 Å². The van der Waals surface area contributed by atoms with Gasteiger partial charge in [-0.3, -0.25) is 15.0 Å². The predicted octanol–water partition coefficient (Wildman–Crippen LogP) is 1.40. The largest absolute Gasteiger partial charge is 0.361 e. The normalized spacial score (nSPS) is 20.2. The molecule has 0 amide bonds. The average Bonchev–Trinajstić information content (AvgIpc) is 3.43. The van der Waals surface area contributed by atoms with E-state index in [2.05, 4.69) is 44.2 Å². The molecule has 3 rings (SSSR count). The van der Waals surface area contributed by atoms with Gasteiger partial charge in [0.25, 0.3) is 0 Å². The highest BCUT2D eigenvalue weighted by Gasteiger charge is 2.27. The zero-order valence-electron chi connectivity index (χ0n) is 14.9. The number of hydrogen-bond donors (Lipinski definition) is 2. The Hall–Kier alpha value is -2.00. The highest BCUT2D eigenvalue weighted by Crippen LogP contribution is 2.29. The molecule has 25 heavy (non-hydrogen) atoms. The van der Waals surface area contributed by atoms with E-state index >= 15 is 0 Å². The summed E-state index contributed by atoms with van der Waals surface area (Å²) >= 11 is 0. The van der Waals surface area contributed by atoms with Gasteiger partial charge in [0, 0.05) is 44.8 Å². The second-order valence-electron chi connectivity index (χ2n) is 6.80. The number of rotatable bonds is 8. The van der Waals surface area contributed by atoms with Gasteiger partial charge in [-0.1, -0.05) is 6.92 Å². The minimum Gasteiger partial charge on any atom is -0.361 e. The van der Waals surface area contributed by atoms with Gasteiger partial charge in [-0.25, -0.2) is 4.98 Å². The Balaban J connectivity index is 1.56. The van der Waals surface area contributed by atoms with Gasteiger partial charge in [0.05, 0.1) is 4.92 Å². The van der Waals surface area contributed by atoms with Crippen molar-refractivity contribution in [3.63, 3.8) is 0 Å². The molecule has 2 fully saturated rings. The molecule has 1 aromatic rings. The van der Waals surface area contributed by atoms with Crippen molar-refractivity contribution in [2.45, 2.75) is 38.8 Å². The number of nitro groups is 1. The Labute approximate surface area is 148 Å². The molecule has 0 radical (unpaired) electrons. The van der Waals surface area contributed by atoms with Gasteiger partial charge in [0.2, 0.25) is 11.8 Å². The minimum absolute atomic E-state index is 0.0683. The van der Waals surface area contributed by atoms with E-state index in [-0.39, 0.29) is 5.69 Å². The molecule has 1 aromatic heterocycles. The molecule has 1 aliphatic heterocycles. The predicted molar refractivity (Wildman–Crippen MR) is 97.0 cm³/mol. The lowest BCUT2D eigenvalue weighted by atomic mass is 10.2. The van der Waals surface area contributed by atoms with Crippen LogP contribution in [0.25, 0.3) is 0 Å². The zero-order chi connectivity index (χ0) is 17.8. The first-order chi connectivity index (χ1) is 12.1. The monoisotopic (exact) mass is 349 g/mol. The Morgan fingerprint density at radius 2 is 2.08 bits per heavy atom. The summed E-state index contributed by atoms with van der Waals surface area (Å²) in [4.78, 5) is 24.0. The Bertz CT molecular complexity index is 600. The first-order valence-electron chi connectivity index (χ1n) is 9.05. The molecule has 9 heteroatoms. The third kappa shape index (κ3) is 4.76. The van der Waals surface area contributed by atoms with Gasteiger partial charge >= 0.3 is 5.69 Å². The molecule has 0 aromatic carbocycles. The van der Waals surface area contributed by atoms with E-state index in [4.69, 9.17) is 0 Å². The van der Waals surface area contributed by atoms with E-state index in [0.29, 0.717) is 30.4 Å². The van der Waals surface area contributed by atoms with Gasteiger partial charge in [0.1, 0.15) is 6.20 Å². The molecule has 0 spiro atoms. The Morgan fingerprint density at radius 1 is 1.36 bits per heavy atom. The summed E-state index contributed by atoms with van der Waals surface area (Å²) in [5.74, 6) is 0.752. The van der Waals surface area contributed by atoms with E-state index in [0.717, 1.165) is 45.6 Å². The van der Waals surface area contributed by atoms with Crippen molar-refractivity contribution in [3.8, 4) is 0 Å². The standard InChI is InChI=1S/C16H27N7O2/c1-3-21-6-8-22(9-7-21)12(2)10-17-16-18-11-14(23(24)25)15(20-16)19-13-4-5-13/h11-13H,3-10H2,1-2H3,(H2,17,18,19,20). The molecule has 2 heterocycles. The SMILES string of the molecule is CCN1CCN(C(C)CNc2ncc([N+](=O)[O-])c(NC3CC3)n2)CC1. The summed E-state index contributed by atoms with van der Waals surface area (Å²) in [6.07, 6.45) is 3.35. The van der Waals surface area contributed by atoms with Crippen LogP contribution in [-0.4, -0.2) is 76.0 Å². The molecular formula is C16H27N7O2. The van der Waals surface area contributed by atoms with Gasteiger partial charge in [-0.05, 0) is 26.3 Å². The smallest absolute Gasteiger partial charge is 0.329 e. The van der Waals surface area contributed by atoms with Crippen LogP contribution in [-0.2, 0) is 0 Å². The van der Waals surface area contributed by atoms with Crippen LogP contribution >= 0.6 is 0 Å². The highest BCUT2D eigenvalue weighted by atomic mass is 16.6. The van der Waals surface area contributed by atoms with Crippen LogP contribution in [0.1, 0.15) is 26.7 Å². The van der Waals surface area contributed by atoms with Gasteiger partial charge < -0.3 is 15.5 Å². The fourth-order valence-corrected chi connectivity index (χ4v) is 3.01. The topological polar surface area (TPSA) is 99.5 Å². The zero-order valence-corrected chi connectivity index (χ0v) is 14.9. The maximum Gasteiger partial charge on any atom is 0.329 e. The summed E-state index contributed by atoms with van der Waals surface area (Å²) in [7, 11) is 0. The van der Waals surface area contributed by atoms with Crippen molar-refractivity contribution in [2.24, 2.45) is 0 Å². The van der Waals surface area contributed by atoms with Crippen molar-refractivity contribution in [1.82, 2.24) is 19.8 Å². The quantitative estimate of drug-likeness (QED) is 0.537. The molecule has 0 bridgehead atoms. The molecule has 2 aliphatic rings. The Kier molecular flexibility index (Phi) is 5.64. The fourth-order valence-electron chi connectivity index (χ4n) is 3.01. The highest BCUT2D eigenvalue weighted by molar-refractivity contribution is 5.58. The third-order valence-electron chi connectivity index (χ3n) is 4.92. The summed E-state index contributed by atoms with van der Waals surface area (Å²) in [6, 6.07) is 0.660. The average molecular weight is 349 g/mol. The minimum atomic E-state index is -0.440. The lowest BCUT2D eigenvalue weighted by Gasteiger charge is -2.37. The first-order valence-corrected chi connectivity index (χ1v) is 9.05. The number of hydrogen-bond acceptors (Lipinski definition) is 8. The van der Waals surface area contributed by atoms with Crippen molar-refractivity contribution in [3.05, 3.63) is 16.3 Å². The van der Waals surface area contributed by atoms with Crippen LogP contribution in [0.3, 0.4) is 0 Å². The summed E-state index contributed by atoms with van der Waals surface area (Å²) < 4.78 is 0. The second-order valence-corrected chi connectivity index (χ2v) is 6.80.